The van der Waals surface area contributed by atoms with E-state index in [1.165, 1.54) is 22.9 Å². The number of hydrogen-bond acceptors (Lipinski definition) is 3. The predicted molar refractivity (Wildman–Crippen MR) is 87.5 cm³/mol. The van der Waals surface area contributed by atoms with Crippen molar-refractivity contribution >= 4 is 10.9 Å². The topological polar surface area (TPSA) is 39.1 Å². The number of benzene rings is 2. The summed E-state index contributed by atoms with van der Waals surface area (Å²) in [6, 6.07) is 11.1. The number of ether oxygens (including phenoxy) is 1. The van der Waals surface area contributed by atoms with E-state index in [-0.39, 0.29) is 5.69 Å². The highest BCUT2D eigenvalue weighted by Crippen LogP contribution is 2.29. The van der Waals surface area contributed by atoms with E-state index >= 15 is 0 Å². The number of fused-ring (bicyclic) bond motifs is 1. The van der Waals surface area contributed by atoms with Gasteiger partial charge in [0.05, 0.1) is 17.5 Å². The Hall–Kier alpha value is -2.47. The Morgan fingerprint density at radius 1 is 1.12 bits per heavy atom. The van der Waals surface area contributed by atoms with Crippen molar-refractivity contribution in [1.82, 2.24) is 15.1 Å². The van der Waals surface area contributed by atoms with Crippen LogP contribution in [0.3, 0.4) is 0 Å². The van der Waals surface area contributed by atoms with Crippen molar-refractivity contribution in [3.63, 3.8) is 0 Å². The lowest BCUT2D eigenvalue weighted by molar-refractivity contribution is 0.252. The summed E-state index contributed by atoms with van der Waals surface area (Å²) in [6.07, 6.45) is 1.06. The standard InChI is InChI=1S/C18H17F2N3O/c19-14-5-3-6-15(20)17(14)23-16-7-2-1-4-13(16)18(22-23)24-11-12-8-9-21-10-12/h1-7,12,21H,8-11H2. The molecule has 0 aliphatic carbocycles. The van der Waals surface area contributed by atoms with Gasteiger partial charge in [0.15, 0.2) is 11.6 Å². The molecule has 1 aliphatic heterocycles. The lowest BCUT2D eigenvalue weighted by Gasteiger charge is -2.08. The smallest absolute Gasteiger partial charge is 0.241 e. The highest BCUT2D eigenvalue weighted by molar-refractivity contribution is 5.86. The summed E-state index contributed by atoms with van der Waals surface area (Å²) in [7, 11) is 0. The molecular formula is C18H17F2N3O. The second-order valence-electron chi connectivity index (χ2n) is 5.97. The van der Waals surface area contributed by atoms with Crippen molar-refractivity contribution in [2.45, 2.75) is 6.42 Å². The van der Waals surface area contributed by atoms with Crippen molar-refractivity contribution in [2.75, 3.05) is 19.7 Å². The fourth-order valence-electron chi connectivity index (χ4n) is 3.06. The van der Waals surface area contributed by atoms with E-state index in [1.807, 2.05) is 18.2 Å². The molecule has 0 amide bonds. The van der Waals surface area contributed by atoms with Gasteiger partial charge >= 0.3 is 0 Å². The van der Waals surface area contributed by atoms with Crippen LogP contribution in [0, 0.1) is 17.6 Å². The first-order chi connectivity index (χ1) is 11.7. The van der Waals surface area contributed by atoms with E-state index in [9.17, 15) is 8.78 Å². The number of nitrogens with zero attached hydrogens (tertiary/aromatic N) is 2. The molecule has 0 radical (unpaired) electrons. The van der Waals surface area contributed by atoms with Crippen molar-refractivity contribution in [2.24, 2.45) is 5.92 Å². The number of halogens is 2. The van der Waals surface area contributed by atoms with Crippen LogP contribution in [-0.2, 0) is 0 Å². The molecule has 1 N–H and O–H groups in total. The third kappa shape index (κ3) is 2.63. The molecular weight excluding hydrogens is 312 g/mol. The van der Waals surface area contributed by atoms with Crippen LogP contribution in [0.15, 0.2) is 42.5 Å². The van der Waals surface area contributed by atoms with E-state index in [0.717, 1.165) is 24.9 Å². The molecule has 6 heteroatoms. The number of rotatable bonds is 4. The van der Waals surface area contributed by atoms with Crippen LogP contribution in [0.5, 0.6) is 5.88 Å². The maximum atomic E-state index is 14.2. The van der Waals surface area contributed by atoms with Crippen LogP contribution in [0.4, 0.5) is 8.78 Å². The first-order valence-electron chi connectivity index (χ1n) is 7.99. The summed E-state index contributed by atoms with van der Waals surface area (Å²) in [6.45, 7) is 2.44. The Bertz CT molecular complexity index is 852. The molecule has 1 unspecified atom stereocenters. The van der Waals surface area contributed by atoms with Crippen molar-refractivity contribution < 1.29 is 13.5 Å². The predicted octanol–water partition coefficient (Wildman–Crippen LogP) is 3.29. The first kappa shape index (κ1) is 15.1. The third-order valence-corrected chi connectivity index (χ3v) is 4.32. The molecule has 24 heavy (non-hydrogen) atoms. The van der Waals surface area contributed by atoms with Crippen molar-refractivity contribution in [1.29, 1.82) is 0 Å². The monoisotopic (exact) mass is 329 g/mol. The maximum Gasteiger partial charge on any atom is 0.241 e. The minimum atomic E-state index is -0.658. The Morgan fingerprint density at radius 3 is 2.67 bits per heavy atom. The molecule has 1 saturated heterocycles. The first-order valence-corrected chi connectivity index (χ1v) is 7.99. The summed E-state index contributed by atoms with van der Waals surface area (Å²) in [5.41, 5.74) is 0.423. The molecule has 2 aromatic carbocycles. The number of aromatic nitrogens is 2. The highest BCUT2D eigenvalue weighted by Gasteiger charge is 2.20. The fraction of sp³-hybridized carbons (Fsp3) is 0.278. The summed E-state index contributed by atoms with van der Waals surface area (Å²) in [5, 5.41) is 8.36. The van der Waals surface area contributed by atoms with Gasteiger partial charge in [-0.1, -0.05) is 18.2 Å². The molecule has 124 valence electrons. The molecule has 0 spiro atoms. The molecule has 0 saturated carbocycles. The molecule has 1 aliphatic rings. The molecule has 1 aromatic heterocycles. The maximum absolute atomic E-state index is 14.2. The zero-order chi connectivity index (χ0) is 16.5. The van der Waals surface area contributed by atoms with Crippen molar-refractivity contribution in [3.8, 4) is 11.6 Å². The minimum Gasteiger partial charge on any atom is -0.476 e. The van der Waals surface area contributed by atoms with Crippen LogP contribution in [0.1, 0.15) is 6.42 Å². The summed E-state index contributed by atoms with van der Waals surface area (Å²) < 4.78 is 35.5. The molecule has 1 fully saturated rings. The molecule has 0 bridgehead atoms. The van der Waals surface area contributed by atoms with Gasteiger partial charge in [0, 0.05) is 12.5 Å². The van der Waals surface area contributed by atoms with E-state index in [1.54, 1.807) is 6.07 Å². The minimum absolute atomic E-state index is 0.189. The highest BCUT2D eigenvalue weighted by atomic mass is 19.1. The van der Waals surface area contributed by atoms with Crippen LogP contribution in [0.25, 0.3) is 16.6 Å². The van der Waals surface area contributed by atoms with Gasteiger partial charge in [-0.2, -0.15) is 0 Å². The van der Waals surface area contributed by atoms with Gasteiger partial charge in [0.1, 0.15) is 5.69 Å². The number of hydrogen-bond donors (Lipinski definition) is 1. The second kappa shape index (κ2) is 6.20. The van der Waals surface area contributed by atoms with Crippen LogP contribution < -0.4 is 10.1 Å². The number of para-hydroxylation sites is 2. The van der Waals surface area contributed by atoms with Crippen LogP contribution in [0.2, 0.25) is 0 Å². The molecule has 4 nitrogen and oxygen atoms in total. The van der Waals surface area contributed by atoms with E-state index in [4.69, 9.17) is 4.74 Å². The Morgan fingerprint density at radius 2 is 1.92 bits per heavy atom. The lowest BCUT2D eigenvalue weighted by atomic mass is 10.1. The molecule has 1 atom stereocenters. The van der Waals surface area contributed by atoms with Gasteiger partial charge in [-0.15, -0.1) is 5.10 Å². The molecule has 2 heterocycles. The molecule has 3 aromatic rings. The van der Waals surface area contributed by atoms with Gasteiger partial charge in [-0.05, 0) is 37.2 Å². The van der Waals surface area contributed by atoms with Crippen LogP contribution >= 0.6 is 0 Å². The van der Waals surface area contributed by atoms with Gasteiger partial charge in [-0.25, -0.2) is 13.5 Å². The van der Waals surface area contributed by atoms with Gasteiger partial charge in [0.2, 0.25) is 5.88 Å². The largest absolute Gasteiger partial charge is 0.476 e. The third-order valence-electron chi connectivity index (χ3n) is 4.32. The van der Waals surface area contributed by atoms with Gasteiger partial charge in [-0.3, -0.25) is 0 Å². The average molecular weight is 329 g/mol. The van der Waals surface area contributed by atoms with Crippen LogP contribution in [-0.4, -0.2) is 29.5 Å². The normalized spacial score (nSPS) is 17.5. The summed E-state index contributed by atoms with van der Waals surface area (Å²) in [4.78, 5) is 0. The SMILES string of the molecule is Fc1cccc(F)c1-n1nc(OCC2CCNC2)c2ccccc21. The van der Waals surface area contributed by atoms with E-state index < -0.39 is 11.6 Å². The fourth-order valence-corrected chi connectivity index (χ4v) is 3.06. The van der Waals surface area contributed by atoms with E-state index in [2.05, 4.69) is 10.4 Å². The summed E-state index contributed by atoms with van der Waals surface area (Å²) >= 11 is 0. The van der Waals surface area contributed by atoms with Gasteiger partial charge < -0.3 is 10.1 Å². The average Bonchev–Trinajstić information content (AvgIpc) is 3.21. The quantitative estimate of drug-likeness (QED) is 0.798. The van der Waals surface area contributed by atoms with E-state index in [0.29, 0.717) is 23.9 Å². The lowest BCUT2D eigenvalue weighted by Crippen LogP contribution is -2.15. The number of nitrogens with one attached hydrogen (secondary N) is 1. The zero-order valence-corrected chi connectivity index (χ0v) is 13.0. The Balaban J connectivity index is 1.76. The Kier molecular flexibility index (Phi) is 3.90. The van der Waals surface area contributed by atoms with Gasteiger partial charge in [0.25, 0.3) is 0 Å². The van der Waals surface area contributed by atoms with Crippen molar-refractivity contribution in [3.05, 3.63) is 54.1 Å². The molecule has 4 rings (SSSR count). The summed E-state index contributed by atoms with van der Waals surface area (Å²) in [5.74, 6) is -0.483. The second-order valence-corrected chi connectivity index (χ2v) is 5.97. The Labute approximate surface area is 138 Å². The zero-order valence-electron chi connectivity index (χ0n) is 13.0.